The zero-order chi connectivity index (χ0) is 13.9. The molecule has 1 aromatic carbocycles. The number of aromatic hydroxyl groups is 1. The Labute approximate surface area is 116 Å². The van der Waals surface area contributed by atoms with Gasteiger partial charge in [-0.15, -0.1) is 0 Å². The Bertz CT molecular complexity index is 709. The van der Waals surface area contributed by atoms with Gasteiger partial charge in [-0.25, -0.2) is 4.98 Å². The summed E-state index contributed by atoms with van der Waals surface area (Å²) in [4.78, 5) is 4.37. The zero-order valence-corrected chi connectivity index (χ0v) is 11.2. The van der Waals surface area contributed by atoms with E-state index in [0.717, 1.165) is 23.1 Å². The van der Waals surface area contributed by atoms with Gasteiger partial charge in [0.15, 0.2) is 0 Å². The van der Waals surface area contributed by atoms with E-state index >= 15 is 0 Å². The molecule has 0 spiro atoms. The van der Waals surface area contributed by atoms with Crippen LogP contribution in [0.2, 0.25) is 0 Å². The van der Waals surface area contributed by atoms with Gasteiger partial charge in [0.05, 0.1) is 6.54 Å². The number of aromatic nitrogens is 3. The van der Waals surface area contributed by atoms with Gasteiger partial charge < -0.3 is 10.4 Å². The second-order valence-corrected chi connectivity index (χ2v) is 4.84. The maximum Gasteiger partial charge on any atom is 0.134 e. The highest BCUT2D eigenvalue weighted by molar-refractivity contribution is 5.92. The number of anilines is 1. The molecule has 0 saturated heterocycles. The fourth-order valence-corrected chi connectivity index (χ4v) is 2.24. The van der Waals surface area contributed by atoms with E-state index in [1.807, 2.05) is 29.1 Å². The quantitative estimate of drug-likeness (QED) is 0.763. The van der Waals surface area contributed by atoms with Gasteiger partial charge >= 0.3 is 0 Å². The van der Waals surface area contributed by atoms with Crippen LogP contribution in [-0.4, -0.2) is 25.9 Å². The summed E-state index contributed by atoms with van der Waals surface area (Å²) < 4.78 is 1.88. The second-order valence-electron chi connectivity index (χ2n) is 4.84. The average Bonchev–Trinajstić information content (AvgIpc) is 2.92. The molecule has 2 heterocycles. The molecule has 20 heavy (non-hydrogen) atoms. The van der Waals surface area contributed by atoms with E-state index in [-0.39, 0.29) is 11.8 Å². The number of rotatable bonds is 4. The molecule has 0 aliphatic heterocycles. The first-order valence-electron chi connectivity index (χ1n) is 6.54. The molecule has 5 heteroatoms. The van der Waals surface area contributed by atoms with Crippen LogP contribution in [0.5, 0.6) is 5.75 Å². The molecule has 0 aliphatic carbocycles. The summed E-state index contributed by atoms with van der Waals surface area (Å²) >= 11 is 0. The van der Waals surface area contributed by atoms with Crippen molar-refractivity contribution in [3.63, 3.8) is 0 Å². The number of phenolic OH excluding ortho intramolecular Hbond substituents is 1. The summed E-state index contributed by atoms with van der Waals surface area (Å²) in [6, 6.07) is 9.30. The number of nitrogens with one attached hydrogen (secondary N) is 1. The molecule has 1 unspecified atom stereocenters. The van der Waals surface area contributed by atoms with E-state index in [4.69, 9.17) is 0 Å². The normalized spacial score (nSPS) is 12.4. The van der Waals surface area contributed by atoms with Gasteiger partial charge in [0.1, 0.15) is 11.6 Å². The largest absolute Gasteiger partial charge is 0.508 e. The Morgan fingerprint density at radius 2 is 2.20 bits per heavy atom. The molecular formula is C15H16N4O. The van der Waals surface area contributed by atoms with Gasteiger partial charge in [-0.1, -0.05) is 6.07 Å². The summed E-state index contributed by atoms with van der Waals surface area (Å²) in [5.41, 5.74) is 0. The van der Waals surface area contributed by atoms with Crippen molar-refractivity contribution in [1.82, 2.24) is 14.8 Å². The van der Waals surface area contributed by atoms with Gasteiger partial charge in [-0.05, 0) is 36.6 Å². The maximum absolute atomic E-state index is 9.63. The monoisotopic (exact) mass is 268 g/mol. The van der Waals surface area contributed by atoms with Crippen molar-refractivity contribution >= 4 is 16.6 Å². The lowest BCUT2D eigenvalue weighted by Crippen LogP contribution is -2.22. The van der Waals surface area contributed by atoms with Crippen molar-refractivity contribution in [3.05, 3.63) is 48.9 Å². The van der Waals surface area contributed by atoms with Gasteiger partial charge in [0.25, 0.3) is 0 Å². The minimum Gasteiger partial charge on any atom is -0.508 e. The van der Waals surface area contributed by atoms with Crippen LogP contribution in [0.25, 0.3) is 10.8 Å². The number of hydrogen-bond donors (Lipinski definition) is 2. The standard InChI is InChI=1S/C15H16N4O/c1-11(10-19-8-2-6-17-19)18-15-14-9-13(20)4-3-12(14)5-7-16-15/h2-9,11,20H,10H2,1H3,(H,16,18). The van der Waals surface area contributed by atoms with Crippen LogP contribution in [0.15, 0.2) is 48.9 Å². The second kappa shape index (κ2) is 5.21. The Balaban J connectivity index is 1.85. The molecule has 3 rings (SSSR count). The first kappa shape index (κ1) is 12.5. The third kappa shape index (κ3) is 2.56. The maximum atomic E-state index is 9.63. The Hall–Kier alpha value is -2.56. The van der Waals surface area contributed by atoms with Crippen molar-refractivity contribution < 1.29 is 5.11 Å². The molecule has 2 N–H and O–H groups in total. The predicted molar refractivity (Wildman–Crippen MR) is 78.7 cm³/mol. The van der Waals surface area contributed by atoms with Crippen LogP contribution >= 0.6 is 0 Å². The molecule has 0 amide bonds. The van der Waals surface area contributed by atoms with Gasteiger partial charge in [0.2, 0.25) is 0 Å². The highest BCUT2D eigenvalue weighted by atomic mass is 16.3. The Morgan fingerprint density at radius 3 is 3.00 bits per heavy atom. The number of nitrogens with zero attached hydrogens (tertiary/aromatic N) is 3. The number of benzene rings is 1. The fourth-order valence-electron chi connectivity index (χ4n) is 2.24. The molecule has 1 atom stereocenters. The molecule has 0 saturated carbocycles. The Morgan fingerprint density at radius 1 is 1.30 bits per heavy atom. The molecule has 0 radical (unpaired) electrons. The third-order valence-corrected chi connectivity index (χ3v) is 3.15. The van der Waals surface area contributed by atoms with Gasteiger partial charge in [-0.2, -0.15) is 5.10 Å². The van der Waals surface area contributed by atoms with Crippen LogP contribution in [0.1, 0.15) is 6.92 Å². The van der Waals surface area contributed by atoms with E-state index in [9.17, 15) is 5.11 Å². The van der Waals surface area contributed by atoms with E-state index in [2.05, 4.69) is 22.3 Å². The van der Waals surface area contributed by atoms with E-state index in [1.54, 1.807) is 24.5 Å². The smallest absolute Gasteiger partial charge is 0.134 e. The van der Waals surface area contributed by atoms with E-state index in [0.29, 0.717) is 0 Å². The molecular weight excluding hydrogens is 252 g/mol. The highest BCUT2D eigenvalue weighted by Crippen LogP contribution is 2.25. The molecule has 2 aromatic heterocycles. The summed E-state index contributed by atoms with van der Waals surface area (Å²) in [5, 5.41) is 19.1. The van der Waals surface area contributed by atoms with E-state index in [1.165, 1.54) is 0 Å². The third-order valence-electron chi connectivity index (χ3n) is 3.15. The first-order valence-corrected chi connectivity index (χ1v) is 6.54. The molecule has 3 aromatic rings. The summed E-state index contributed by atoms with van der Waals surface area (Å²) in [5.74, 6) is 1.02. The van der Waals surface area contributed by atoms with Crippen molar-refractivity contribution in [2.75, 3.05) is 5.32 Å². The van der Waals surface area contributed by atoms with Crippen molar-refractivity contribution in [1.29, 1.82) is 0 Å². The fraction of sp³-hybridized carbons (Fsp3) is 0.200. The van der Waals surface area contributed by atoms with E-state index < -0.39 is 0 Å². The molecule has 102 valence electrons. The number of phenols is 1. The highest BCUT2D eigenvalue weighted by Gasteiger charge is 2.08. The molecule has 0 fully saturated rings. The predicted octanol–water partition coefficient (Wildman–Crippen LogP) is 2.64. The van der Waals surface area contributed by atoms with Crippen molar-refractivity contribution in [2.45, 2.75) is 19.5 Å². The molecule has 0 bridgehead atoms. The Kier molecular flexibility index (Phi) is 3.25. The lowest BCUT2D eigenvalue weighted by molar-refractivity contribution is 0.476. The minimum absolute atomic E-state index is 0.176. The lowest BCUT2D eigenvalue weighted by atomic mass is 10.1. The van der Waals surface area contributed by atoms with Crippen molar-refractivity contribution in [3.8, 4) is 5.75 Å². The lowest BCUT2D eigenvalue weighted by Gasteiger charge is -2.16. The van der Waals surface area contributed by atoms with Crippen molar-refractivity contribution in [2.24, 2.45) is 0 Å². The number of fused-ring (bicyclic) bond motifs is 1. The topological polar surface area (TPSA) is 63.0 Å². The summed E-state index contributed by atoms with van der Waals surface area (Å²) in [6.07, 6.45) is 5.46. The summed E-state index contributed by atoms with van der Waals surface area (Å²) in [7, 11) is 0. The minimum atomic E-state index is 0.176. The van der Waals surface area contributed by atoms with Gasteiger partial charge in [-0.3, -0.25) is 4.68 Å². The number of hydrogen-bond acceptors (Lipinski definition) is 4. The van der Waals surface area contributed by atoms with Crippen LogP contribution in [0.4, 0.5) is 5.82 Å². The first-order chi connectivity index (χ1) is 9.72. The summed E-state index contributed by atoms with van der Waals surface area (Å²) in [6.45, 7) is 2.83. The van der Waals surface area contributed by atoms with Crippen LogP contribution in [-0.2, 0) is 6.54 Å². The van der Waals surface area contributed by atoms with Crippen LogP contribution in [0.3, 0.4) is 0 Å². The SMILES string of the molecule is CC(Cn1cccn1)Nc1nccc2ccc(O)cc12. The zero-order valence-electron chi connectivity index (χ0n) is 11.2. The van der Waals surface area contributed by atoms with Gasteiger partial charge in [0, 0.05) is 30.0 Å². The molecule has 0 aliphatic rings. The van der Waals surface area contributed by atoms with Crippen LogP contribution < -0.4 is 5.32 Å². The number of pyridine rings is 1. The molecule has 5 nitrogen and oxygen atoms in total. The average molecular weight is 268 g/mol. The van der Waals surface area contributed by atoms with Crippen LogP contribution in [0, 0.1) is 0 Å².